The van der Waals surface area contributed by atoms with Crippen LogP contribution in [0.4, 0.5) is 8.78 Å². The van der Waals surface area contributed by atoms with Gasteiger partial charge in [-0.15, -0.1) is 0 Å². The van der Waals surface area contributed by atoms with Gasteiger partial charge in [0.15, 0.2) is 11.6 Å². The third-order valence-corrected chi connectivity index (χ3v) is 2.40. The van der Waals surface area contributed by atoms with E-state index in [9.17, 15) is 8.78 Å². The molecule has 0 spiro atoms. The van der Waals surface area contributed by atoms with Crippen molar-refractivity contribution in [3.63, 3.8) is 0 Å². The molecule has 0 radical (unpaired) electrons. The van der Waals surface area contributed by atoms with Crippen LogP contribution in [-0.2, 0) is 13.2 Å². The number of hydrogen-bond donors (Lipinski definition) is 1. The fraction of sp³-hybridized carbons (Fsp3) is 0.154. The maximum absolute atomic E-state index is 12.9. The van der Waals surface area contributed by atoms with Gasteiger partial charge in [0, 0.05) is 18.8 Å². The number of pyridine rings is 1. The molecule has 2 N–H and O–H groups in total. The lowest BCUT2D eigenvalue weighted by Crippen LogP contribution is -2.01. The summed E-state index contributed by atoms with van der Waals surface area (Å²) >= 11 is 0. The highest BCUT2D eigenvalue weighted by molar-refractivity contribution is 5.24. The van der Waals surface area contributed by atoms with E-state index in [4.69, 9.17) is 10.5 Å². The Bertz CT molecular complexity index is 529. The van der Waals surface area contributed by atoms with Crippen LogP contribution < -0.4 is 10.5 Å². The van der Waals surface area contributed by atoms with Gasteiger partial charge in [-0.2, -0.15) is 0 Å². The van der Waals surface area contributed by atoms with Gasteiger partial charge in [-0.05, 0) is 23.8 Å². The van der Waals surface area contributed by atoms with Gasteiger partial charge in [0.1, 0.15) is 12.4 Å². The summed E-state index contributed by atoms with van der Waals surface area (Å²) in [5.41, 5.74) is 7.06. The number of nitrogens with two attached hydrogens (primary N) is 1. The molecule has 0 unspecified atom stereocenters. The van der Waals surface area contributed by atoms with E-state index in [1.165, 1.54) is 6.07 Å². The van der Waals surface area contributed by atoms with Gasteiger partial charge in [0.05, 0.1) is 5.69 Å². The third kappa shape index (κ3) is 3.01. The molecule has 2 aromatic rings. The molecule has 0 aliphatic heterocycles. The van der Waals surface area contributed by atoms with E-state index in [0.717, 1.165) is 17.7 Å². The van der Waals surface area contributed by atoms with Crippen LogP contribution in [0, 0.1) is 11.6 Å². The normalized spacial score (nSPS) is 10.4. The molecule has 94 valence electrons. The number of nitrogens with zero attached hydrogens (tertiary/aromatic N) is 1. The van der Waals surface area contributed by atoms with Crippen molar-refractivity contribution >= 4 is 0 Å². The zero-order valence-corrected chi connectivity index (χ0v) is 9.57. The van der Waals surface area contributed by atoms with Crippen LogP contribution in [0.1, 0.15) is 11.3 Å². The van der Waals surface area contributed by atoms with Gasteiger partial charge in [-0.3, -0.25) is 4.98 Å². The molecule has 1 aromatic heterocycles. The highest BCUT2D eigenvalue weighted by Crippen LogP contribution is 2.16. The molecule has 0 fully saturated rings. The smallest absolute Gasteiger partial charge is 0.162 e. The highest BCUT2D eigenvalue weighted by Gasteiger charge is 2.03. The lowest BCUT2D eigenvalue weighted by atomic mass is 10.2. The summed E-state index contributed by atoms with van der Waals surface area (Å²) < 4.78 is 30.9. The van der Waals surface area contributed by atoms with Gasteiger partial charge >= 0.3 is 0 Å². The van der Waals surface area contributed by atoms with E-state index in [1.54, 1.807) is 12.3 Å². The van der Waals surface area contributed by atoms with Gasteiger partial charge < -0.3 is 10.5 Å². The summed E-state index contributed by atoms with van der Waals surface area (Å²) in [4.78, 5) is 4.13. The quantitative estimate of drug-likeness (QED) is 0.906. The van der Waals surface area contributed by atoms with E-state index < -0.39 is 11.6 Å². The van der Waals surface area contributed by atoms with Crippen LogP contribution in [-0.4, -0.2) is 4.98 Å². The SMILES string of the molecule is NCc1ccc(COc2ccc(F)c(F)c2)nc1. The Balaban J connectivity index is 1.99. The Morgan fingerprint density at radius 2 is 1.94 bits per heavy atom. The predicted molar refractivity (Wildman–Crippen MR) is 62.8 cm³/mol. The van der Waals surface area contributed by atoms with Gasteiger partial charge in [0.25, 0.3) is 0 Å². The molecule has 0 amide bonds. The van der Waals surface area contributed by atoms with Gasteiger partial charge in [0.2, 0.25) is 0 Å². The molecule has 0 saturated carbocycles. The minimum atomic E-state index is -0.932. The molecule has 3 nitrogen and oxygen atoms in total. The molecule has 1 heterocycles. The lowest BCUT2D eigenvalue weighted by Gasteiger charge is -2.06. The van der Waals surface area contributed by atoms with Crippen molar-refractivity contribution < 1.29 is 13.5 Å². The zero-order valence-electron chi connectivity index (χ0n) is 9.57. The van der Waals surface area contributed by atoms with Crippen LogP contribution in [0.3, 0.4) is 0 Å². The fourth-order valence-corrected chi connectivity index (χ4v) is 1.39. The van der Waals surface area contributed by atoms with Crippen molar-refractivity contribution in [1.29, 1.82) is 0 Å². The third-order valence-electron chi connectivity index (χ3n) is 2.40. The first kappa shape index (κ1) is 12.4. The first-order chi connectivity index (χ1) is 8.69. The Morgan fingerprint density at radius 3 is 2.56 bits per heavy atom. The lowest BCUT2D eigenvalue weighted by molar-refractivity contribution is 0.298. The number of aromatic nitrogens is 1. The van der Waals surface area contributed by atoms with Crippen LogP contribution in [0.2, 0.25) is 0 Å². The van der Waals surface area contributed by atoms with Crippen molar-refractivity contribution in [2.45, 2.75) is 13.2 Å². The maximum atomic E-state index is 12.9. The Morgan fingerprint density at radius 1 is 1.11 bits per heavy atom. The monoisotopic (exact) mass is 250 g/mol. The number of benzene rings is 1. The van der Waals surface area contributed by atoms with Crippen LogP contribution in [0.25, 0.3) is 0 Å². The van der Waals surface area contributed by atoms with Crippen molar-refractivity contribution in [1.82, 2.24) is 4.98 Å². The van der Waals surface area contributed by atoms with Crippen LogP contribution in [0.15, 0.2) is 36.5 Å². The second-order valence-electron chi connectivity index (χ2n) is 3.73. The predicted octanol–water partition coefficient (Wildman–Crippen LogP) is 2.40. The summed E-state index contributed by atoms with van der Waals surface area (Å²) in [6, 6.07) is 7.02. The molecule has 5 heteroatoms. The van der Waals surface area contributed by atoms with E-state index in [0.29, 0.717) is 12.2 Å². The molecule has 0 aliphatic carbocycles. The second-order valence-corrected chi connectivity index (χ2v) is 3.73. The summed E-state index contributed by atoms with van der Waals surface area (Å²) in [5.74, 6) is -1.56. The molecule has 18 heavy (non-hydrogen) atoms. The largest absolute Gasteiger partial charge is 0.487 e. The number of halogens is 2. The standard InChI is InChI=1S/C13H12F2N2O/c14-12-4-3-11(5-13(12)15)18-8-10-2-1-9(6-16)7-17-10/h1-5,7H,6,8,16H2. The molecule has 0 bridgehead atoms. The average molecular weight is 250 g/mol. The number of rotatable bonds is 4. The summed E-state index contributed by atoms with van der Waals surface area (Å²) in [7, 11) is 0. The van der Waals surface area contributed by atoms with Crippen LogP contribution in [0.5, 0.6) is 5.75 Å². The molecular formula is C13H12F2N2O. The van der Waals surface area contributed by atoms with E-state index in [2.05, 4.69) is 4.98 Å². The van der Waals surface area contributed by atoms with Gasteiger partial charge in [-0.1, -0.05) is 6.07 Å². The van der Waals surface area contributed by atoms with Gasteiger partial charge in [-0.25, -0.2) is 8.78 Å². The van der Waals surface area contributed by atoms with Crippen molar-refractivity contribution in [3.05, 3.63) is 59.4 Å². The summed E-state index contributed by atoms with van der Waals surface area (Å²) in [6.07, 6.45) is 1.66. The first-order valence-electron chi connectivity index (χ1n) is 5.41. The maximum Gasteiger partial charge on any atom is 0.162 e. The average Bonchev–Trinajstić information content (AvgIpc) is 2.41. The minimum absolute atomic E-state index is 0.190. The van der Waals surface area contributed by atoms with E-state index >= 15 is 0 Å². The Kier molecular flexibility index (Phi) is 3.84. The Labute approximate surface area is 103 Å². The van der Waals surface area contributed by atoms with Crippen LogP contribution >= 0.6 is 0 Å². The summed E-state index contributed by atoms with van der Waals surface area (Å²) in [5, 5.41) is 0. The van der Waals surface area contributed by atoms with Crippen molar-refractivity contribution in [3.8, 4) is 5.75 Å². The number of ether oxygens (including phenoxy) is 1. The number of hydrogen-bond acceptors (Lipinski definition) is 3. The summed E-state index contributed by atoms with van der Waals surface area (Å²) in [6.45, 7) is 0.618. The minimum Gasteiger partial charge on any atom is -0.487 e. The Hall–Kier alpha value is -2.01. The highest BCUT2D eigenvalue weighted by atomic mass is 19.2. The van der Waals surface area contributed by atoms with Crippen molar-refractivity contribution in [2.24, 2.45) is 5.73 Å². The molecule has 0 aliphatic rings. The van der Waals surface area contributed by atoms with E-state index in [1.807, 2.05) is 6.07 Å². The molecule has 0 atom stereocenters. The van der Waals surface area contributed by atoms with Crippen molar-refractivity contribution in [2.75, 3.05) is 0 Å². The fourth-order valence-electron chi connectivity index (χ4n) is 1.39. The molecule has 1 aromatic carbocycles. The zero-order chi connectivity index (χ0) is 13.0. The molecule has 0 saturated heterocycles. The first-order valence-corrected chi connectivity index (χ1v) is 5.41. The molecule has 2 rings (SSSR count). The van der Waals surface area contributed by atoms with E-state index in [-0.39, 0.29) is 12.4 Å². The second kappa shape index (κ2) is 5.55. The molecular weight excluding hydrogens is 238 g/mol. The topological polar surface area (TPSA) is 48.1 Å².